The number of aromatic nitrogens is 1. The van der Waals surface area contributed by atoms with E-state index in [2.05, 4.69) is 11.1 Å². The van der Waals surface area contributed by atoms with Gasteiger partial charge in [0.25, 0.3) is 0 Å². The number of hydrogen-bond donors (Lipinski definition) is 2. The lowest BCUT2D eigenvalue weighted by Gasteiger charge is -2.31. The van der Waals surface area contributed by atoms with E-state index in [1.54, 1.807) is 23.2 Å². The zero-order valence-electron chi connectivity index (χ0n) is 22.2. The smallest absolute Gasteiger partial charge is 0.234 e. The minimum atomic E-state index is -0.379. The van der Waals surface area contributed by atoms with Gasteiger partial charge in [-0.3, -0.25) is 19.5 Å². The summed E-state index contributed by atoms with van der Waals surface area (Å²) in [6, 6.07) is 12.9. The highest BCUT2D eigenvalue weighted by atomic mass is 16.5. The van der Waals surface area contributed by atoms with E-state index < -0.39 is 0 Å². The lowest BCUT2D eigenvalue weighted by Crippen LogP contribution is -2.42. The van der Waals surface area contributed by atoms with Gasteiger partial charge in [-0.15, -0.1) is 0 Å². The van der Waals surface area contributed by atoms with Crippen molar-refractivity contribution in [2.45, 2.75) is 63.5 Å². The molecule has 3 heterocycles. The van der Waals surface area contributed by atoms with Crippen molar-refractivity contribution in [1.29, 1.82) is 0 Å². The molecule has 1 saturated carbocycles. The normalized spacial score (nSPS) is 27.7. The SMILES string of the molecule is O=C1[C@@H]2[C@@H](CC(CO)=C3[C@@H](CC/C(=C/c4ccc(O)cc4)c4ccccn4)OC[C@@H]32)C(=O)N1C1CCCCC1. The first-order chi connectivity index (χ1) is 19.0. The second-order valence-corrected chi connectivity index (χ2v) is 11.3. The number of carbonyl (C=O) groups is 2. The van der Waals surface area contributed by atoms with E-state index in [9.17, 15) is 19.8 Å². The number of allylic oxidation sites excluding steroid dienone is 1. The molecule has 2 saturated heterocycles. The van der Waals surface area contributed by atoms with Crippen LogP contribution in [0.1, 0.15) is 62.6 Å². The van der Waals surface area contributed by atoms with Crippen LogP contribution in [0, 0.1) is 17.8 Å². The molecule has 2 aliphatic carbocycles. The van der Waals surface area contributed by atoms with E-state index in [0.29, 0.717) is 25.9 Å². The van der Waals surface area contributed by atoms with Crippen LogP contribution in [0.2, 0.25) is 0 Å². The van der Waals surface area contributed by atoms with Crippen LogP contribution in [-0.4, -0.2) is 57.3 Å². The van der Waals surface area contributed by atoms with Crippen LogP contribution >= 0.6 is 0 Å². The molecule has 4 aliphatic rings. The van der Waals surface area contributed by atoms with Gasteiger partial charge in [-0.05, 0) is 84.7 Å². The molecule has 0 radical (unpaired) electrons. The Morgan fingerprint density at radius 1 is 1.03 bits per heavy atom. The van der Waals surface area contributed by atoms with Crippen molar-refractivity contribution in [3.8, 4) is 5.75 Å². The molecule has 4 atom stereocenters. The van der Waals surface area contributed by atoms with Gasteiger partial charge in [-0.25, -0.2) is 0 Å². The summed E-state index contributed by atoms with van der Waals surface area (Å²) in [5.74, 6) is -0.756. The zero-order chi connectivity index (χ0) is 26.9. The molecular formula is C32H36N2O5. The fourth-order valence-corrected chi connectivity index (χ4v) is 7.23. The summed E-state index contributed by atoms with van der Waals surface area (Å²) in [6.07, 6.45) is 10.5. The van der Waals surface area contributed by atoms with E-state index in [-0.39, 0.29) is 54.1 Å². The van der Waals surface area contributed by atoms with Gasteiger partial charge in [0, 0.05) is 18.2 Å². The third-order valence-corrected chi connectivity index (χ3v) is 9.08. The highest BCUT2D eigenvalue weighted by molar-refractivity contribution is 6.06. The molecule has 0 spiro atoms. The minimum Gasteiger partial charge on any atom is -0.508 e. The Morgan fingerprint density at radius 2 is 1.82 bits per heavy atom. The number of nitrogens with zero attached hydrogens (tertiary/aromatic N) is 2. The van der Waals surface area contributed by atoms with Gasteiger partial charge in [0.2, 0.25) is 11.8 Å². The summed E-state index contributed by atoms with van der Waals surface area (Å²) in [5.41, 5.74) is 4.80. The van der Waals surface area contributed by atoms with Crippen molar-refractivity contribution in [2.24, 2.45) is 17.8 Å². The van der Waals surface area contributed by atoms with Crippen molar-refractivity contribution >= 4 is 23.5 Å². The second-order valence-electron chi connectivity index (χ2n) is 11.3. The average molecular weight is 529 g/mol. The maximum atomic E-state index is 13.7. The van der Waals surface area contributed by atoms with Crippen molar-refractivity contribution < 1.29 is 24.5 Å². The quantitative estimate of drug-likeness (QED) is 0.398. The largest absolute Gasteiger partial charge is 0.508 e. The molecule has 7 nitrogen and oxygen atoms in total. The molecule has 1 aromatic heterocycles. The first-order valence-electron chi connectivity index (χ1n) is 14.3. The molecule has 0 unspecified atom stereocenters. The molecule has 2 aromatic rings. The Kier molecular flexibility index (Phi) is 7.36. The summed E-state index contributed by atoms with van der Waals surface area (Å²) < 4.78 is 6.33. The van der Waals surface area contributed by atoms with Gasteiger partial charge in [0.1, 0.15) is 5.75 Å². The molecule has 7 heteroatoms. The number of aliphatic hydroxyl groups is 1. The molecule has 39 heavy (non-hydrogen) atoms. The average Bonchev–Trinajstić information content (AvgIpc) is 3.50. The molecule has 2 aliphatic heterocycles. The van der Waals surface area contributed by atoms with E-state index in [0.717, 1.165) is 53.7 Å². The molecule has 3 fully saturated rings. The van der Waals surface area contributed by atoms with E-state index >= 15 is 0 Å². The van der Waals surface area contributed by atoms with E-state index in [1.807, 2.05) is 30.3 Å². The Hall–Kier alpha value is -3.29. The Bertz CT molecular complexity index is 1280. The number of imide groups is 1. The maximum absolute atomic E-state index is 13.7. The Balaban J connectivity index is 1.24. The van der Waals surface area contributed by atoms with Gasteiger partial charge in [-0.1, -0.05) is 37.5 Å². The number of likely N-dealkylation sites (tertiary alicyclic amines) is 1. The second kappa shape index (κ2) is 11.1. The Morgan fingerprint density at radius 3 is 2.54 bits per heavy atom. The van der Waals surface area contributed by atoms with Gasteiger partial charge >= 0.3 is 0 Å². The topological polar surface area (TPSA) is 100.0 Å². The van der Waals surface area contributed by atoms with Crippen molar-refractivity contribution in [1.82, 2.24) is 9.88 Å². The monoisotopic (exact) mass is 528 g/mol. The highest BCUT2D eigenvalue weighted by Gasteiger charge is 2.58. The third-order valence-electron chi connectivity index (χ3n) is 9.08. The van der Waals surface area contributed by atoms with Crippen LogP contribution in [0.5, 0.6) is 5.75 Å². The number of carbonyl (C=O) groups excluding carboxylic acids is 2. The summed E-state index contributed by atoms with van der Waals surface area (Å²) in [4.78, 5) is 33.3. The van der Waals surface area contributed by atoms with Crippen molar-refractivity contribution in [3.05, 3.63) is 71.1 Å². The lowest BCUT2D eigenvalue weighted by atomic mass is 9.69. The predicted molar refractivity (Wildman–Crippen MR) is 147 cm³/mol. The van der Waals surface area contributed by atoms with Crippen molar-refractivity contribution in [2.75, 3.05) is 13.2 Å². The van der Waals surface area contributed by atoms with Crippen LogP contribution in [0.3, 0.4) is 0 Å². The van der Waals surface area contributed by atoms with Crippen LogP contribution in [0.4, 0.5) is 0 Å². The number of amides is 2. The number of ether oxygens (including phenoxy) is 1. The fraction of sp³-hybridized carbons (Fsp3) is 0.469. The summed E-state index contributed by atoms with van der Waals surface area (Å²) in [7, 11) is 0. The molecule has 6 rings (SSSR count). The number of rotatable bonds is 7. The number of hydrogen-bond acceptors (Lipinski definition) is 6. The zero-order valence-corrected chi connectivity index (χ0v) is 22.2. The van der Waals surface area contributed by atoms with E-state index in [1.165, 1.54) is 6.42 Å². The van der Waals surface area contributed by atoms with Gasteiger partial charge < -0.3 is 14.9 Å². The first kappa shape index (κ1) is 26.0. The molecular weight excluding hydrogens is 492 g/mol. The number of benzene rings is 1. The number of fused-ring (bicyclic) bond motifs is 3. The predicted octanol–water partition coefficient (Wildman–Crippen LogP) is 4.75. The van der Waals surface area contributed by atoms with Crippen LogP contribution in [0.15, 0.2) is 59.8 Å². The number of pyridine rings is 1. The number of aliphatic hydroxyl groups excluding tert-OH is 1. The molecule has 204 valence electrons. The number of phenols is 1. The third kappa shape index (κ3) is 4.94. The van der Waals surface area contributed by atoms with Crippen molar-refractivity contribution in [3.63, 3.8) is 0 Å². The van der Waals surface area contributed by atoms with Crippen LogP contribution < -0.4 is 0 Å². The molecule has 2 N–H and O–H groups in total. The molecule has 2 amide bonds. The standard InChI is InChI=1S/C32H36N2O5/c35-18-22-17-25-30(32(38)34(31(25)37)23-6-2-1-3-7-23)26-19-39-28(29(22)26)14-11-21(27-8-4-5-15-33-27)16-20-9-12-24(36)13-10-20/h4-5,8-10,12-13,15-16,23,25-26,28,30,35-36H,1-3,6-7,11,14,17-19H2/b21-16-/t25-,26+,28-,30-/m1/s1. The molecule has 1 aromatic carbocycles. The van der Waals surface area contributed by atoms with Crippen LogP contribution in [0.25, 0.3) is 11.6 Å². The summed E-state index contributed by atoms with van der Waals surface area (Å²) in [5, 5.41) is 20.0. The fourth-order valence-electron chi connectivity index (χ4n) is 7.23. The number of aromatic hydroxyl groups is 1. The summed E-state index contributed by atoms with van der Waals surface area (Å²) in [6.45, 7) is 0.291. The highest BCUT2D eigenvalue weighted by Crippen LogP contribution is 2.50. The van der Waals surface area contributed by atoms with Gasteiger partial charge in [0.15, 0.2) is 0 Å². The number of phenolic OH excluding ortho intramolecular Hbond substituents is 1. The minimum absolute atomic E-state index is 0.0226. The maximum Gasteiger partial charge on any atom is 0.234 e. The van der Waals surface area contributed by atoms with Gasteiger partial charge in [0.05, 0.1) is 36.8 Å². The molecule has 0 bridgehead atoms. The first-order valence-corrected chi connectivity index (χ1v) is 14.3. The Labute approximate surface area is 229 Å². The van der Waals surface area contributed by atoms with E-state index in [4.69, 9.17) is 4.74 Å². The van der Waals surface area contributed by atoms with Crippen LogP contribution in [-0.2, 0) is 14.3 Å². The van der Waals surface area contributed by atoms with Gasteiger partial charge in [-0.2, -0.15) is 0 Å². The lowest BCUT2D eigenvalue weighted by molar-refractivity contribution is -0.143. The summed E-state index contributed by atoms with van der Waals surface area (Å²) >= 11 is 0.